The standard InChI is InChI=1S/C16H24N2O/c1-17-9-7-16(14-5-3-2-4-6-14)8-10-18(11-12-19)13-15(16)17/h2-6,15,19H,7-13H2,1H3/t15-,16+/m1/s1. The molecule has 0 aromatic heterocycles. The zero-order valence-corrected chi connectivity index (χ0v) is 11.8. The van der Waals surface area contributed by atoms with Gasteiger partial charge >= 0.3 is 0 Å². The second kappa shape index (κ2) is 5.23. The minimum Gasteiger partial charge on any atom is -0.395 e. The smallest absolute Gasteiger partial charge is 0.0558 e. The topological polar surface area (TPSA) is 26.7 Å². The van der Waals surface area contributed by atoms with Gasteiger partial charge in [0.25, 0.3) is 0 Å². The van der Waals surface area contributed by atoms with Gasteiger partial charge in [0.15, 0.2) is 0 Å². The summed E-state index contributed by atoms with van der Waals surface area (Å²) in [6.45, 7) is 4.47. The number of β-amino-alcohol motifs (C(OH)–C–C–N with tert-alkyl or cyclic N) is 1. The fourth-order valence-corrected chi connectivity index (χ4v) is 4.02. The van der Waals surface area contributed by atoms with Gasteiger partial charge in [-0.15, -0.1) is 0 Å². The van der Waals surface area contributed by atoms with Crippen LogP contribution in [0.15, 0.2) is 30.3 Å². The number of likely N-dealkylation sites (tertiary alicyclic amines) is 2. The van der Waals surface area contributed by atoms with Gasteiger partial charge in [-0.2, -0.15) is 0 Å². The molecule has 19 heavy (non-hydrogen) atoms. The number of aliphatic hydroxyl groups is 1. The highest BCUT2D eigenvalue weighted by atomic mass is 16.3. The lowest BCUT2D eigenvalue weighted by atomic mass is 9.69. The predicted molar refractivity (Wildman–Crippen MR) is 77.3 cm³/mol. The third-order valence-corrected chi connectivity index (χ3v) is 5.15. The number of hydrogen-bond acceptors (Lipinski definition) is 3. The van der Waals surface area contributed by atoms with Crippen LogP contribution in [-0.2, 0) is 5.41 Å². The van der Waals surface area contributed by atoms with Crippen LogP contribution in [0.4, 0.5) is 0 Å². The summed E-state index contributed by atoms with van der Waals surface area (Å²) in [5.41, 5.74) is 1.84. The first-order valence-corrected chi connectivity index (χ1v) is 7.35. The Labute approximate surface area is 115 Å². The van der Waals surface area contributed by atoms with Crippen LogP contribution in [-0.4, -0.2) is 60.8 Å². The van der Waals surface area contributed by atoms with Crippen molar-refractivity contribution in [3.05, 3.63) is 35.9 Å². The predicted octanol–water partition coefficient (Wildman–Crippen LogP) is 1.33. The first-order valence-electron chi connectivity index (χ1n) is 7.35. The van der Waals surface area contributed by atoms with Crippen LogP contribution < -0.4 is 0 Å². The Kier molecular flexibility index (Phi) is 3.61. The average molecular weight is 260 g/mol. The summed E-state index contributed by atoms with van der Waals surface area (Å²) in [7, 11) is 2.25. The van der Waals surface area contributed by atoms with Crippen molar-refractivity contribution in [1.82, 2.24) is 9.80 Å². The number of hydrogen-bond donors (Lipinski definition) is 1. The summed E-state index contributed by atoms with van der Waals surface area (Å²) in [5.74, 6) is 0. The number of aliphatic hydroxyl groups excluding tert-OH is 1. The molecule has 1 aromatic carbocycles. The molecule has 0 spiro atoms. The minimum atomic E-state index is 0.273. The van der Waals surface area contributed by atoms with E-state index in [0.29, 0.717) is 11.5 Å². The Morgan fingerprint density at radius 1 is 1.21 bits per heavy atom. The lowest BCUT2D eigenvalue weighted by Crippen LogP contribution is -2.55. The third-order valence-electron chi connectivity index (χ3n) is 5.15. The van der Waals surface area contributed by atoms with Gasteiger partial charge in [0.05, 0.1) is 6.61 Å². The number of nitrogens with zero attached hydrogens (tertiary/aromatic N) is 2. The van der Waals surface area contributed by atoms with Gasteiger partial charge in [0, 0.05) is 24.5 Å². The van der Waals surface area contributed by atoms with Crippen molar-refractivity contribution in [3.63, 3.8) is 0 Å². The summed E-state index contributed by atoms with van der Waals surface area (Å²) < 4.78 is 0. The van der Waals surface area contributed by atoms with Crippen molar-refractivity contribution in [2.75, 3.05) is 39.8 Å². The maximum atomic E-state index is 9.15. The number of piperidine rings is 1. The van der Waals surface area contributed by atoms with E-state index in [4.69, 9.17) is 5.11 Å². The molecule has 0 saturated carbocycles. The number of benzene rings is 1. The highest BCUT2D eigenvalue weighted by Crippen LogP contribution is 2.44. The lowest BCUT2D eigenvalue weighted by molar-refractivity contribution is 0.0824. The molecule has 3 rings (SSSR count). The summed E-state index contributed by atoms with van der Waals surface area (Å²) in [6, 6.07) is 11.6. The van der Waals surface area contributed by atoms with Crippen molar-refractivity contribution >= 4 is 0 Å². The lowest BCUT2D eigenvalue weighted by Gasteiger charge is -2.46. The molecule has 2 fully saturated rings. The molecule has 104 valence electrons. The molecular weight excluding hydrogens is 236 g/mol. The van der Waals surface area contributed by atoms with Crippen LogP contribution in [0.25, 0.3) is 0 Å². The number of likely N-dealkylation sites (N-methyl/N-ethyl adjacent to an activating group) is 1. The monoisotopic (exact) mass is 260 g/mol. The Balaban J connectivity index is 1.88. The van der Waals surface area contributed by atoms with Crippen molar-refractivity contribution in [1.29, 1.82) is 0 Å². The second-order valence-electron chi connectivity index (χ2n) is 6.04. The van der Waals surface area contributed by atoms with Gasteiger partial charge in [0.1, 0.15) is 0 Å². The van der Waals surface area contributed by atoms with Crippen molar-refractivity contribution in [2.45, 2.75) is 24.3 Å². The van der Waals surface area contributed by atoms with Crippen molar-refractivity contribution in [2.24, 2.45) is 0 Å². The molecule has 0 unspecified atom stereocenters. The van der Waals surface area contributed by atoms with E-state index in [1.165, 1.54) is 24.9 Å². The van der Waals surface area contributed by atoms with Gasteiger partial charge in [-0.3, -0.25) is 4.90 Å². The summed E-state index contributed by atoms with van der Waals surface area (Å²) in [4.78, 5) is 4.92. The third kappa shape index (κ3) is 2.20. The van der Waals surface area contributed by atoms with Crippen molar-refractivity contribution in [3.8, 4) is 0 Å². The van der Waals surface area contributed by atoms with E-state index in [2.05, 4.69) is 47.2 Å². The molecule has 1 N–H and O–H groups in total. The quantitative estimate of drug-likeness (QED) is 0.888. The van der Waals surface area contributed by atoms with Gasteiger partial charge < -0.3 is 10.0 Å². The van der Waals surface area contributed by atoms with Crippen LogP contribution in [0.5, 0.6) is 0 Å². The molecule has 0 radical (unpaired) electrons. The number of fused-ring (bicyclic) bond motifs is 1. The van der Waals surface area contributed by atoms with E-state index in [9.17, 15) is 0 Å². The van der Waals surface area contributed by atoms with Crippen molar-refractivity contribution < 1.29 is 5.11 Å². The molecule has 0 amide bonds. The SMILES string of the molecule is CN1CC[C@@]2(c3ccccc3)CCN(CCO)C[C@@H]12. The van der Waals surface area contributed by atoms with Crippen LogP contribution in [0.2, 0.25) is 0 Å². The molecule has 0 bridgehead atoms. The van der Waals surface area contributed by atoms with E-state index in [-0.39, 0.29) is 6.61 Å². The first-order chi connectivity index (χ1) is 9.26. The van der Waals surface area contributed by atoms with E-state index in [0.717, 1.165) is 19.6 Å². The Morgan fingerprint density at radius 2 is 1.95 bits per heavy atom. The highest BCUT2D eigenvalue weighted by molar-refractivity contribution is 5.31. The molecule has 2 heterocycles. The van der Waals surface area contributed by atoms with Crippen LogP contribution in [0, 0.1) is 0 Å². The van der Waals surface area contributed by atoms with Crippen LogP contribution >= 0.6 is 0 Å². The van der Waals surface area contributed by atoms with E-state index >= 15 is 0 Å². The maximum absolute atomic E-state index is 9.15. The van der Waals surface area contributed by atoms with Gasteiger partial charge in [-0.25, -0.2) is 0 Å². The first kappa shape index (κ1) is 13.1. The summed E-state index contributed by atoms with van der Waals surface area (Å²) in [6.07, 6.45) is 2.48. The summed E-state index contributed by atoms with van der Waals surface area (Å²) >= 11 is 0. The van der Waals surface area contributed by atoms with E-state index in [1.807, 2.05) is 0 Å². The second-order valence-corrected chi connectivity index (χ2v) is 6.04. The fourth-order valence-electron chi connectivity index (χ4n) is 4.02. The minimum absolute atomic E-state index is 0.273. The van der Waals surface area contributed by atoms with Gasteiger partial charge in [-0.05, 0) is 38.5 Å². The molecule has 1 aromatic rings. The Morgan fingerprint density at radius 3 is 2.68 bits per heavy atom. The maximum Gasteiger partial charge on any atom is 0.0558 e. The molecule has 0 aliphatic carbocycles. The van der Waals surface area contributed by atoms with Gasteiger partial charge in [0.2, 0.25) is 0 Å². The van der Waals surface area contributed by atoms with Crippen LogP contribution in [0.1, 0.15) is 18.4 Å². The van der Waals surface area contributed by atoms with E-state index in [1.54, 1.807) is 0 Å². The normalized spacial score (nSPS) is 32.4. The molecular formula is C16H24N2O. The van der Waals surface area contributed by atoms with Gasteiger partial charge in [-0.1, -0.05) is 30.3 Å². The Bertz CT molecular complexity index is 422. The molecule has 3 nitrogen and oxygen atoms in total. The molecule has 2 aliphatic heterocycles. The highest BCUT2D eigenvalue weighted by Gasteiger charge is 2.49. The Hall–Kier alpha value is -0.900. The molecule has 2 aliphatic rings. The zero-order chi connectivity index (χ0) is 13.3. The molecule has 2 atom stereocenters. The van der Waals surface area contributed by atoms with E-state index < -0.39 is 0 Å². The molecule has 2 saturated heterocycles. The number of rotatable bonds is 3. The summed E-state index contributed by atoms with van der Waals surface area (Å²) in [5, 5.41) is 9.15. The van der Waals surface area contributed by atoms with Crippen LogP contribution in [0.3, 0.4) is 0 Å². The fraction of sp³-hybridized carbons (Fsp3) is 0.625. The zero-order valence-electron chi connectivity index (χ0n) is 11.8. The average Bonchev–Trinajstić information content (AvgIpc) is 2.79. The molecule has 3 heteroatoms. The largest absolute Gasteiger partial charge is 0.395 e.